The Hall–Kier alpha value is -0.610. The zero-order chi connectivity index (χ0) is 14.1. The van der Waals surface area contributed by atoms with Crippen molar-refractivity contribution in [3.63, 3.8) is 0 Å². The Labute approximate surface area is 126 Å². The highest BCUT2D eigenvalue weighted by Gasteiger charge is 2.33. The monoisotopic (exact) mass is 293 g/mol. The van der Waals surface area contributed by atoms with Gasteiger partial charge in [-0.3, -0.25) is 0 Å². The Morgan fingerprint density at radius 3 is 2.90 bits per heavy atom. The van der Waals surface area contributed by atoms with Gasteiger partial charge in [0.15, 0.2) is 5.13 Å². The molecule has 0 amide bonds. The van der Waals surface area contributed by atoms with E-state index in [4.69, 9.17) is 4.98 Å². The van der Waals surface area contributed by atoms with Gasteiger partial charge in [-0.2, -0.15) is 0 Å². The van der Waals surface area contributed by atoms with Crippen molar-refractivity contribution >= 4 is 16.5 Å². The van der Waals surface area contributed by atoms with Crippen molar-refractivity contribution in [1.82, 2.24) is 10.3 Å². The second-order valence-electron chi connectivity index (χ2n) is 6.39. The summed E-state index contributed by atoms with van der Waals surface area (Å²) in [6.45, 7) is 5.68. The summed E-state index contributed by atoms with van der Waals surface area (Å²) in [6.07, 6.45) is 7.77. The standard InChI is InChI=1S/C16H27N3S/c1-4-10-17-13-6-5-7-14-15(13)18-16(20-14)19(3)11(2)12-8-9-12/h11-13,17H,4-10H2,1-3H3. The summed E-state index contributed by atoms with van der Waals surface area (Å²) >= 11 is 1.93. The highest BCUT2D eigenvalue weighted by molar-refractivity contribution is 7.15. The Morgan fingerprint density at radius 2 is 2.20 bits per heavy atom. The first-order valence-electron chi connectivity index (χ1n) is 8.16. The van der Waals surface area contributed by atoms with Crippen LogP contribution in [0.15, 0.2) is 0 Å². The number of hydrogen-bond donors (Lipinski definition) is 1. The zero-order valence-electron chi connectivity index (χ0n) is 13.0. The molecule has 0 aliphatic heterocycles. The molecule has 2 aliphatic rings. The molecule has 2 atom stereocenters. The third-order valence-electron chi connectivity index (χ3n) is 4.80. The maximum absolute atomic E-state index is 5.00. The van der Waals surface area contributed by atoms with Crippen LogP contribution in [0.5, 0.6) is 0 Å². The maximum atomic E-state index is 5.00. The van der Waals surface area contributed by atoms with Crippen LogP contribution in [0.2, 0.25) is 0 Å². The van der Waals surface area contributed by atoms with E-state index in [2.05, 4.69) is 31.1 Å². The van der Waals surface area contributed by atoms with Gasteiger partial charge in [0.05, 0.1) is 11.7 Å². The van der Waals surface area contributed by atoms with E-state index >= 15 is 0 Å². The van der Waals surface area contributed by atoms with Crippen LogP contribution in [-0.2, 0) is 6.42 Å². The van der Waals surface area contributed by atoms with Crippen LogP contribution < -0.4 is 10.2 Å². The molecule has 1 N–H and O–H groups in total. The molecule has 4 heteroatoms. The van der Waals surface area contributed by atoms with Crippen LogP contribution in [-0.4, -0.2) is 24.6 Å². The number of aromatic nitrogens is 1. The number of fused-ring (bicyclic) bond motifs is 1. The Balaban J connectivity index is 1.75. The van der Waals surface area contributed by atoms with E-state index in [1.54, 1.807) is 0 Å². The van der Waals surface area contributed by atoms with E-state index in [1.807, 2.05) is 11.3 Å². The molecule has 0 bridgehead atoms. The van der Waals surface area contributed by atoms with Crippen LogP contribution in [0.1, 0.15) is 62.6 Å². The van der Waals surface area contributed by atoms with Crippen LogP contribution in [0.3, 0.4) is 0 Å². The Morgan fingerprint density at radius 1 is 1.40 bits per heavy atom. The van der Waals surface area contributed by atoms with Crippen molar-refractivity contribution in [1.29, 1.82) is 0 Å². The zero-order valence-corrected chi connectivity index (χ0v) is 13.8. The predicted molar refractivity (Wildman–Crippen MR) is 86.7 cm³/mol. The molecule has 1 aromatic rings. The molecule has 3 nitrogen and oxygen atoms in total. The fourth-order valence-electron chi connectivity index (χ4n) is 3.14. The lowest BCUT2D eigenvalue weighted by atomic mass is 9.97. The van der Waals surface area contributed by atoms with Crippen molar-refractivity contribution in [2.24, 2.45) is 5.92 Å². The van der Waals surface area contributed by atoms with Gasteiger partial charge in [0, 0.05) is 18.0 Å². The van der Waals surface area contributed by atoms with Gasteiger partial charge in [-0.05, 0) is 57.9 Å². The van der Waals surface area contributed by atoms with E-state index < -0.39 is 0 Å². The number of rotatable bonds is 6. The van der Waals surface area contributed by atoms with Gasteiger partial charge in [0.2, 0.25) is 0 Å². The first kappa shape index (κ1) is 14.3. The smallest absolute Gasteiger partial charge is 0.185 e. The number of aryl methyl sites for hydroxylation is 1. The first-order chi connectivity index (χ1) is 9.70. The van der Waals surface area contributed by atoms with Crippen LogP contribution in [0.25, 0.3) is 0 Å². The minimum absolute atomic E-state index is 0.494. The number of thiazole rings is 1. The molecule has 0 aromatic carbocycles. The normalized spacial score (nSPS) is 23.4. The molecule has 3 rings (SSSR count). The van der Waals surface area contributed by atoms with Gasteiger partial charge >= 0.3 is 0 Å². The van der Waals surface area contributed by atoms with Crippen LogP contribution in [0, 0.1) is 5.92 Å². The quantitative estimate of drug-likeness (QED) is 0.865. The van der Waals surface area contributed by atoms with Crippen molar-refractivity contribution in [2.75, 3.05) is 18.5 Å². The van der Waals surface area contributed by atoms with Crippen molar-refractivity contribution in [3.05, 3.63) is 10.6 Å². The Bertz CT molecular complexity index is 453. The van der Waals surface area contributed by atoms with Crippen molar-refractivity contribution < 1.29 is 0 Å². The summed E-state index contributed by atoms with van der Waals surface area (Å²) in [5.41, 5.74) is 1.35. The topological polar surface area (TPSA) is 28.2 Å². The fraction of sp³-hybridized carbons (Fsp3) is 0.812. The van der Waals surface area contributed by atoms with Gasteiger partial charge in [0.1, 0.15) is 0 Å². The van der Waals surface area contributed by atoms with Crippen molar-refractivity contribution in [3.8, 4) is 0 Å². The highest BCUT2D eigenvalue weighted by Crippen LogP contribution is 2.40. The summed E-state index contributed by atoms with van der Waals surface area (Å²) in [5, 5.41) is 4.91. The molecule has 1 aromatic heterocycles. The third kappa shape index (κ3) is 2.86. The molecule has 20 heavy (non-hydrogen) atoms. The van der Waals surface area contributed by atoms with Gasteiger partial charge in [0.25, 0.3) is 0 Å². The predicted octanol–water partition coefficient (Wildman–Crippen LogP) is 3.75. The third-order valence-corrected chi connectivity index (χ3v) is 6.02. The summed E-state index contributed by atoms with van der Waals surface area (Å²) in [6, 6.07) is 1.14. The summed E-state index contributed by atoms with van der Waals surface area (Å²) in [7, 11) is 2.22. The van der Waals surface area contributed by atoms with Gasteiger partial charge in [-0.1, -0.05) is 6.92 Å². The molecule has 1 heterocycles. The summed E-state index contributed by atoms with van der Waals surface area (Å²) in [5.74, 6) is 0.898. The fourth-order valence-corrected chi connectivity index (χ4v) is 4.36. The lowest BCUT2D eigenvalue weighted by Crippen LogP contribution is -2.30. The van der Waals surface area contributed by atoms with Crippen molar-refractivity contribution in [2.45, 2.75) is 64.5 Å². The lowest BCUT2D eigenvalue weighted by Gasteiger charge is -2.24. The van der Waals surface area contributed by atoms with Gasteiger partial charge in [-0.15, -0.1) is 11.3 Å². The molecule has 2 aliphatic carbocycles. The molecule has 2 unspecified atom stereocenters. The number of hydrogen-bond acceptors (Lipinski definition) is 4. The minimum Gasteiger partial charge on any atom is -0.348 e. The molecular weight excluding hydrogens is 266 g/mol. The van der Waals surface area contributed by atoms with E-state index in [-0.39, 0.29) is 0 Å². The Kier molecular flexibility index (Phi) is 4.32. The molecule has 0 saturated heterocycles. The second kappa shape index (κ2) is 6.02. The molecule has 1 saturated carbocycles. The molecule has 0 radical (unpaired) electrons. The largest absolute Gasteiger partial charge is 0.348 e. The lowest BCUT2D eigenvalue weighted by molar-refractivity contribution is 0.454. The number of anilines is 1. The maximum Gasteiger partial charge on any atom is 0.185 e. The number of nitrogens with zero attached hydrogens (tertiary/aromatic N) is 2. The van der Waals surface area contributed by atoms with E-state index in [0.29, 0.717) is 12.1 Å². The second-order valence-corrected chi connectivity index (χ2v) is 7.45. The van der Waals surface area contributed by atoms with E-state index in [9.17, 15) is 0 Å². The molecule has 1 fully saturated rings. The first-order valence-corrected chi connectivity index (χ1v) is 8.98. The van der Waals surface area contributed by atoms with Gasteiger partial charge < -0.3 is 10.2 Å². The highest BCUT2D eigenvalue weighted by atomic mass is 32.1. The average molecular weight is 293 g/mol. The van der Waals surface area contributed by atoms with E-state index in [0.717, 1.165) is 12.5 Å². The van der Waals surface area contributed by atoms with Crippen LogP contribution >= 0.6 is 11.3 Å². The average Bonchev–Trinajstić information content (AvgIpc) is 3.22. The number of nitrogens with one attached hydrogen (secondary N) is 1. The van der Waals surface area contributed by atoms with E-state index in [1.165, 1.54) is 54.2 Å². The summed E-state index contributed by atoms with van der Waals surface area (Å²) in [4.78, 5) is 8.94. The minimum atomic E-state index is 0.494. The SMILES string of the molecule is CCCNC1CCCc2sc(N(C)C(C)C3CC3)nc21. The molecular formula is C16H27N3S. The molecule has 0 spiro atoms. The van der Waals surface area contributed by atoms with Crippen LogP contribution in [0.4, 0.5) is 5.13 Å². The summed E-state index contributed by atoms with van der Waals surface area (Å²) < 4.78 is 0. The van der Waals surface area contributed by atoms with Gasteiger partial charge in [-0.25, -0.2) is 4.98 Å². The molecule has 112 valence electrons.